The summed E-state index contributed by atoms with van der Waals surface area (Å²) in [4.78, 5) is 0. The Balaban J connectivity index is 2.25. The molecule has 0 radical (unpaired) electrons. The van der Waals surface area contributed by atoms with Crippen molar-refractivity contribution in [2.24, 2.45) is 0 Å². The van der Waals surface area contributed by atoms with E-state index < -0.39 is 17.7 Å². The van der Waals surface area contributed by atoms with Crippen LogP contribution in [-0.4, -0.2) is 5.71 Å². The van der Waals surface area contributed by atoms with E-state index in [2.05, 4.69) is 37.7 Å². The summed E-state index contributed by atoms with van der Waals surface area (Å²) in [5, 5.41) is 13.7. The van der Waals surface area contributed by atoms with Crippen LogP contribution in [0.5, 0.6) is 0 Å². The molecule has 23 heavy (non-hydrogen) atoms. The number of hydrogen-bond acceptors (Lipinski definition) is 3. The first-order valence-electron chi connectivity index (χ1n) is 6.72. The minimum atomic E-state index is -0.499. The SMILES string of the molecule is N=C1C=CC=C/C1=C/NC(CC#CSI)c1cc(F)ccc1F. The summed E-state index contributed by atoms with van der Waals surface area (Å²) in [7, 11) is 1.34. The third kappa shape index (κ3) is 5.22. The fourth-order valence-corrected chi connectivity index (χ4v) is 2.63. The van der Waals surface area contributed by atoms with Gasteiger partial charge in [-0.3, -0.25) is 0 Å². The van der Waals surface area contributed by atoms with Crippen molar-refractivity contribution in [3.8, 4) is 11.2 Å². The molecule has 1 aliphatic carbocycles. The van der Waals surface area contributed by atoms with E-state index in [0.717, 1.165) is 12.1 Å². The van der Waals surface area contributed by atoms with Crippen LogP contribution in [0.4, 0.5) is 8.78 Å². The van der Waals surface area contributed by atoms with Crippen LogP contribution in [0.25, 0.3) is 0 Å². The van der Waals surface area contributed by atoms with Gasteiger partial charge < -0.3 is 10.7 Å². The summed E-state index contributed by atoms with van der Waals surface area (Å²) in [5.74, 6) is 1.94. The van der Waals surface area contributed by atoms with Crippen molar-refractivity contribution in [2.45, 2.75) is 12.5 Å². The van der Waals surface area contributed by atoms with Crippen LogP contribution in [0.2, 0.25) is 0 Å². The molecular weight excluding hydrogens is 429 g/mol. The van der Waals surface area contributed by atoms with Gasteiger partial charge in [-0.2, -0.15) is 0 Å². The molecule has 118 valence electrons. The van der Waals surface area contributed by atoms with Crippen molar-refractivity contribution < 1.29 is 8.78 Å². The van der Waals surface area contributed by atoms with Crippen molar-refractivity contribution in [3.05, 3.63) is 71.5 Å². The van der Waals surface area contributed by atoms with Crippen molar-refractivity contribution in [2.75, 3.05) is 0 Å². The molecule has 0 saturated heterocycles. The van der Waals surface area contributed by atoms with E-state index in [4.69, 9.17) is 5.41 Å². The highest BCUT2D eigenvalue weighted by Crippen LogP contribution is 2.22. The van der Waals surface area contributed by atoms with Gasteiger partial charge in [-0.05, 0) is 38.5 Å². The van der Waals surface area contributed by atoms with Gasteiger partial charge in [-0.15, -0.1) is 0 Å². The lowest BCUT2D eigenvalue weighted by atomic mass is 10.0. The van der Waals surface area contributed by atoms with E-state index in [1.54, 1.807) is 24.4 Å². The van der Waals surface area contributed by atoms with Gasteiger partial charge in [-0.1, -0.05) is 24.1 Å². The van der Waals surface area contributed by atoms with Gasteiger partial charge in [0.05, 0.1) is 11.8 Å². The van der Waals surface area contributed by atoms with E-state index in [9.17, 15) is 8.78 Å². The van der Waals surface area contributed by atoms with Crippen LogP contribution in [0.1, 0.15) is 18.0 Å². The quantitative estimate of drug-likeness (QED) is 0.505. The molecule has 0 heterocycles. The lowest BCUT2D eigenvalue weighted by Gasteiger charge is -2.17. The lowest BCUT2D eigenvalue weighted by Crippen LogP contribution is -2.18. The minimum absolute atomic E-state index is 0.219. The maximum absolute atomic E-state index is 14.0. The van der Waals surface area contributed by atoms with Gasteiger partial charge in [0.25, 0.3) is 0 Å². The summed E-state index contributed by atoms with van der Waals surface area (Å²) in [6.07, 6.45) is 8.99. The van der Waals surface area contributed by atoms with E-state index in [0.29, 0.717) is 17.7 Å². The van der Waals surface area contributed by atoms with Gasteiger partial charge >= 0.3 is 0 Å². The fourth-order valence-electron chi connectivity index (χ4n) is 2.02. The molecule has 0 saturated carbocycles. The molecular formula is C17H13F2IN2S. The van der Waals surface area contributed by atoms with Gasteiger partial charge in [0.2, 0.25) is 0 Å². The molecule has 1 unspecified atom stereocenters. The second kappa shape index (κ2) is 8.89. The molecule has 2 rings (SSSR count). The molecule has 0 amide bonds. The van der Waals surface area contributed by atoms with E-state index in [1.807, 2.05) is 6.08 Å². The second-order valence-electron chi connectivity index (χ2n) is 4.68. The van der Waals surface area contributed by atoms with Gasteiger partial charge in [0.15, 0.2) is 0 Å². The molecule has 0 fully saturated rings. The fraction of sp³-hybridized carbons (Fsp3) is 0.118. The molecule has 1 atom stereocenters. The Morgan fingerprint density at radius 1 is 1.30 bits per heavy atom. The molecule has 0 aromatic heterocycles. The van der Waals surface area contributed by atoms with Crippen LogP contribution in [0.3, 0.4) is 0 Å². The van der Waals surface area contributed by atoms with E-state index in [1.165, 1.54) is 15.0 Å². The number of halogens is 3. The Morgan fingerprint density at radius 3 is 2.83 bits per heavy atom. The van der Waals surface area contributed by atoms with Crippen molar-refractivity contribution in [3.63, 3.8) is 0 Å². The van der Waals surface area contributed by atoms with E-state index >= 15 is 0 Å². The summed E-state index contributed by atoms with van der Waals surface area (Å²) < 4.78 is 27.5. The highest BCUT2D eigenvalue weighted by atomic mass is 127. The van der Waals surface area contributed by atoms with Gasteiger partial charge in [0.1, 0.15) is 11.6 Å². The van der Waals surface area contributed by atoms with Crippen molar-refractivity contribution in [1.29, 1.82) is 5.41 Å². The Kier molecular flexibility index (Phi) is 6.86. The Morgan fingerprint density at radius 2 is 2.09 bits per heavy atom. The number of rotatable bonds is 4. The zero-order valence-corrected chi connectivity index (χ0v) is 14.9. The number of allylic oxidation sites excluding steroid dienone is 5. The zero-order chi connectivity index (χ0) is 16.7. The first-order chi connectivity index (χ1) is 11.1. The summed E-state index contributed by atoms with van der Waals surface area (Å²) in [6.45, 7) is 0. The standard InChI is InChI=1S/C17H13F2IN2S/c18-13-7-8-15(19)14(10-13)17(6-3-9-23-20)22-11-12-4-1-2-5-16(12)21/h1-2,4-5,7-8,10-11,17,21-22H,6H2/b12-11-,21-16?. The first kappa shape index (κ1) is 17.8. The average molecular weight is 442 g/mol. The van der Waals surface area contributed by atoms with Crippen LogP contribution in [0, 0.1) is 28.2 Å². The third-order valence-electron chi connectivity index (χ3n) is 3.15. The minimum Gasteiger partial charge on any atom is -0.382 e. The number of hydrogen-bond donors (Lipinski definition) is 2. The maximum Gasteiger partial charge on any atom is 0.128 e. The molecule has 0 spiro atoms. The predicted octanol–water partition coefficient (Wildman–Crippen LogP) is 5.06. The van der Waals surface area contributed by atoms with Crippen LogP contribution >= 0.6 is 30.1 Å². The Bertz CT molecular complexity index is 745. The molecule has 1 aromatic carbocycles. The lowest BCUT2D eigenvalue weighted by molar-refractivity contribution is 0.541. The summed E-state index contributed by atoms with van der Waals surface area (Å²) >= 11 is 2.05. The molecule has 0 aliphatic heterocycles. The highest BCUT2D eigenvalue weighted by Gasteiger charge is 2.15. The molecule has 2 nitrogen and oxygen atoms in total. The Hall–Kier alpha value is -1.59. The molecule has 2 N–H and O–H groups in total. The predicted molar refractivity (Wildman–Crippen MR) is 100 cm³/mol. The summed E-state index contributed by atoms with van der Waals surface area (Å²) in [6, 6.07) is 2.87. The van der Waals surface area contributed by atoms with Crippen molar-refractivity contribution in [1.82, 2.24) is 5.32 Å². The second-order valence-corrected chi connectivity index (χ2v) is 6.36. The maximum atomic E-state index is 14.0. The first-order valence-corrected chi connectivity index (χ1v) is 10.1. The highest BCUT2D eigenvalue weighted by molar-refractivity contribution is 14.2. The molecule has 1 aromatic rings. The smallest absolute Gasteiger partial charge is 0.128 e. The Labute approximate surface area is 150 Å². The number of nitrogens with one attached hydrogen (secondary N) is 2. The third-order valence-corrected chi connectivity index (χ3v) is 4.03. The topological polar surface area (TPSA) is 35.9 Å². The van der Waals surface area contributed by atoms with Crippen LogP contribution < -0.4 is 5.32 Å². The monoisotopic (exact) mass is 442 g/mol. The largest absolute Gasteiger partial charge is 0.382 e. The molecule has 0 bridgehead atoms. The van der Waals surface area contributed by atoms with Crippen molar-refractivity contribution >= 4 is 35.9 Å². The van der Waals surface area contributed by atoms with E-state index in [-0.39, 0.29) is 5.56 Å². The average Bonchev–Trinajstić information content (AvgIpc) is 2.55. The molecule has 1 aliphatic rings. The number of benzene rings is 1. The van der Waals surface area contributed by atoms with Crippen LogP contribution in [-0.2, 0) is 0 Å². The summed E-state index contributed by atoms with van der Waals surface area (Å²) in [5.41, 5.74) is 1.24. The van der Waals surface area contributed by atoms with Crippen LogP contribution in [0.15, 0.2) is 54.3 Å². The molecule has 6 heteroatoms. The van der Waals surface area contributed by atoms with Gasteiger partial charge in [0, 0.05) is 45.0 Å². The van der Waals surface area contributed by atoms with Gasteiger partial charge in [-0.25, -0.2) is 8.78 Å². The zero-order valence-electron chi connectivity index (χ0n) is 11.9. The normalized spacial score (nSPS) is 16.1.